The van der Waals surface area contributed by atoms with E-state index >= 15 is 0 Å². The summed E-state index contributed by atoms with van der Waals surface area (Å²) < 4.78 is 5.62. The molecule has 2 aromatic carbocycles. The summed E-state index contributed by atoms with van der Waals surface area (Å²) in [5, 5.41) is 7.46. The van der Waals surface area contributed by atoms with E-state index in [1.54, 1.807) is 12.1 Å². The highest BCUT2D eigenvalue weighted by Gasteiger charge is 2.22. The first-order valence-corrected chi connectivity index (χ1v) is 8.99. The van der Waals surface area contributed by atoms with Gasteiger partial charge >= 0.3 is 0 Å². The molecule has 2 unspecified atom stereocenters. The van der Waals surface area contributed by atoms with Crippen molar-refractivity contribution in [3.63, 3.8) is 0 Å². The van der Waals surface area contributed by atoms with E-state index in [4.69, 9.17) is 27.9 Å². The summed E-state index contributed by atoms with van der Waals surface area (Å²) >= 11 is 12.1. The van der Waals surface area contributed by atoms with Crippen molar-refractivity contribution in [2.45, 2.75) is 25.4 Å². The maximum atomic E-state index is 12.3. The molecule has 1 heterocycles. The Balaban J connectivity index is 1.57. The van der Waals surface area contributed by atoms with Gasteiger partial charge in [-0.1, -0.05) is 47.5 Å². The molecule has 0 bridgehead atoms. The summed E-state index contributed by atoms with van der Waals surface area (Å²) in [4.78, 5) is 12.3. The molecule has 2 atom stereocenters. The Labute approximate surface area is 157 Å². The second-order valence-electron chi connectivity index (χ2n) is 6.06. The number of ether oxygens (including phenoxy) is 1. The first-order chi connectivity index (χ1) is 12.0. The molecule has 1 aliphatic heterocycles. The molecule has 0 aliphatic carbocycles. The number of benzene rings is 2. The molecule has 0 saturated carbocycles. The Morgan fingerprint density at radius 3 is 2.88 bits per heavy atom. The van der Waals surface area contributed by atoms with Crippen LogP contribution in [0.1, 0.15) is 36.6 Å². The molecule has 6 heteroatoms. The Kier molecular flexibility index (Phi) is 5.84. The maximum absolute atomic E-state index is 12.3. The molecule has 0 fully saturated rings. The van der Waals surface area contributed by atoms with Gasteiger partial charge in [0.1, 0.15) is 5.75 Å². The maximum Gasteiger partial charge on any atom is 0.234 e. The van der Waals surface area contributed by atoms with Crippen molar-refractivity contribution >= 4 is 29.1 Å². The summed E-state index contributed by atoms with van der Waals surface area (Å²) in [6.45, 7) is 2.78. The number of hydrogen-bond acceptors (Lipinski definition) is 3. The van der Waals surface area contributed by atoms with Crippen molar-refractivity contribution in [2.24, 2.45) is 0 Å². The first-order valence-electron chi connectivity index (χ1n) is 8.24. The van der Waals surface area contributed by atoms with Crippen molar-refractivity contribution in [3.8, 4) is 5.75 Å². The number of amides is 1. The van der Waals surface area contributed by atoms with Crippen LogP contribution in [-0.4, -0.2) is 19.1 Å². The number of para-hydroxylation sites is 1. The molecular formula is C19H20Cl2N2O2. The molecule has 2 aromatic rings. The van der Waals surface area contributed by atoms with Crippen LogP contribution in [0.2, 0.25) is 10.0 Å². The Morgan fingerprint density at radius 1 is 1.28 bits per heavy atom. The van der Waals surface area contributed by atoms with Crippen LogP contribution in [0.25, 0.3) is 0 Å². The third kappa shape index (κ3) is 4.46. The molecular weight excluding hydrogens is 359 g/mol. The van der Waals surface area contributed by atoms with Gasteiger partial charge in [0.2, 0.25) is 5.91 Å². The molecule has 2 N–H and O–H groups in total. The number of carbonyl (C=O) groups is 1. The highest BCUT2D eigenvalue weighted by atomic mass is 35.5. The van der Waals surface area contributed by atoms with E-state index in [-0.39, 0.29) is 24.5 Å². The Hall–Kier alpha value is -1.75. The summed E-state index contributed by atoms with van der Waals surface area (Å²) in [5.74, 6) is 0.784. The number of nitrogens with one attached hydrogen (secondary N) is 2. The highest BCUT2D eigenvalue weighted by Crippen LogP contribution is 2.31. The highest BCUT2D eigenvalue weighted by molar-refractivity contribution is 6.35. The molecule has 0 spiro atoms. The second-order valence-corrected chi connectivity index (χ2v) is 6.91. The lowest BCUT2D eigenvalue weighted by atomic mass is 10.0. The summed E-state index contributed by atoms with van der Waals surface area (Å²) in [6.07, 6.45) is 0.765. The zero-order chi connectivity index (χ0) is 17.8. The molecule has 3 rings (SSSR count). The predicted molar refractivity (Wildman–Crippen MR) is 100 cm³/mol. The molecule has 4 nitrogen and oxygen atoms in total. The number of hydrogen-bond donors (Lipinski definition) is 2. The first kappa shape index (κ1) is 18.1. The Bertz CT molecular complexity index is 767. The van der Waals surface area contributed by atoms with Crippen molar-refractivity contribution in [2.75, 3.05) is 13.2 Å². The standard InChI is InChI=1S/C19H20Cl2N2O2/c1-12(14-7-6-13(20)10-16(14)21)22-11-19(24)23-17-8-9-25-18-5-3-2-4-15(17)18/h2-7,10,12,17,22H,8-9,11H2,1H3,(H,23,24). The van der Waals surface area contributed by atoms with Crippen LogP contribution in [-0.2, 0) is 4.79 Å². The lowest BCUT2D eigenvalue weighted by molar-refractivity contribution is -0.121. The zero-order valence-electron chi connectivity index (χ0n) is 13.9. The third-order valence-electron chi connectivity index (χ3n) is 4.29. The van der Waals surface area contributed by atoms with Gasteiger partial charge in [-0.3, -0.25) is 4.79 Å². The van der Waals surface area contributed by atoms with Gasteiger partial charge in [0.15, 0.2) is 0 Å². The van der Waals surface area contributed by atoms with Crippen molar-refractivity contribution in [1.29, 1.82) is 0 Å². The average Bonchev–Trinajstić information content (AvgIpc) is 2.60. The minimum Gasteiger partial charge on any atom is -0.493 e. The minimum absolute atomic E-state index is 0.0197. The van der Waals surface area contributed by atoms with Crippen LogP contribution in [0, 0.1) is 0 Å². The molecule has 132 valence electrons. The largest absolute Gasteiger partial charge is 0.493 e. The molecule has 0 radical (unpaired) electrons. The van der Waals surface area contributed by atoms with Gasteiger partial charge in [-0.2, -0.15) is 0 Å². The van der Waals surface area contributed by atoms with E-state index in [0.29, 0.717) is 16.7 Å². The van der Waals surface area contributed by atoms with Gasteiger partial charge in [0.05, 0.1) is 19.2 Å². The fourth-order valence-electron chi connectivity index (χ4n) is 2.95. The quantitative estimate of drug-likeness (QED) is 0.815. The molecule has 0 aromatic heterocycles. The lowest BCUT2D eigenvalue weighted by Gasteiger charge is -2.27. The third-order valence-corrected chi connectivity index (χ3v) is 4.85. The summed E-state index contributed by atoms with van der Waals surface area (Å²) in [5.41, 5.74) is 1.94. The Morgan fingerprint density at radius 2 is 2.08 bits per heavy atom. The lowest BCUT2D eigenvalue weighted by Crippen LogP contribution is -2.38. The van der Waals surface area contributed by atoms with Gasteiger partial charge in [0, 0.05) is 28.1 Å². The van der Waals surface area contributed by atoms with Crippen molar-refractivity contribution in [3.05, 3.63) is 63.6 Å². The number of halogens is 2. The average molecular weight is 379 g/mol. The van der Waals surface area contributed by atoms with Crippen LogP contribution < -0.4 is 15.4 Å². The number of rotatable bonds is 5. The van der Waals surface area contributed by atoms with Crippen LogP contribution in [0.4, 0.5) is 0 Å². The van der Waals surface area contributed by atoms with Crippen molar-refractivity contribution < 1.29 is 9.53 Å². The molecule has 25 heavy (non-hydrogen) atoms. The molecule has 1 amide bonds. The van der Waals surface area contributed by atoms with Gasteiger partial charge in [0.25, 0.3) is 0 Å². The minimum atomic E-state index is -0.0579. The van der Waals surface area contributed by atoms with E-state index in [0.717, 1.165) is 23.3 Å². The molecule has 0 saturated heterocycles. The zero-order valence-corrected chi connectivity index (χ0v) is 15.4. The monoisotopic (exact) mass is 378 g/mol. The SMILES string of the molecule is CC(NCC(=O)NC1CCOc2ccccc21)c1ccc(Cl)cc1Cl. The van der Waals surface area contributed by atoms with Crippen LogP contribution in [0.15, 0.2) is 42.5 Å². The summed E-state index contributed by atoms with van der Waals surface area (Å²) in [7, 11) is 0. The van der Waals surface area contributed by atoms with E-state index in [1.807, 2.05) is 37.3 Å². The number of carbonyl (C=O) groups excluding carboxylic acids is 1. The van der Waals surface area contributed by atoms with E-state index in [1.165, 1.54) is 0 Å². The van der Waals surface area contributed by atoms with E-state index < -0.39 is 0 Å². The van der Waals surface area contributed by atoms with Gasteiger partial charge < -0.3 is 15.4 Å². The topological polar surface area (TPSA) is 50.4 Å². The summed E-state index contributed by atoms with van der Waals surface area (Å²) in [6, 6.07) is 13.1. The van der Waals surface area contributed by atoms with Crippen molar-refractivity contribution in [1.82, 2.24) is 10.6 Å². The normalized spacial score (nSPS) is 17.3. The van der Waals surface area contributed by atoms with E-state index in [2.05, 4.69) is 10.6 Å². The van der Waals surface area contributed by atoms with Crippen LogP contribution >= 0.6 is 23.2 Å². The van der Waals surface area contributed by atoms with Gasteiger partial charge in [-0.25, -0.2) is 0 Å². The second kappa shape index (κ2) is 8.09. The van der Waals surface area contributed by atoms with Crippen LogP contribution in [0.3, 0.4) is 0 Å². The fraction of sp³-hybridized carbons (Fsp3) is 0.316. The van der Waals surface area contributed by atoms with Crippen LogP contribution in [0.5, 0.6) is 5.75 Å². The van der Waals surface area contributed by atoms with Gasteiger partial charge in [-0.05, 0) is 30.7 Å². The fourth-order valence-corrected chi connectivity index (χ4v) is 3.52. The molecule has 1 aliphatic rings. The predicted octanol–water partition coefficient (Wildman–Crippen LogP) is 4.28. The van der Waals surface area contributed by atoms with Gasteiger partial charge in [-0.15, -0.1) is 0 Å². The number of fused-ring (bicyclic) bond motifs is 1. The smallest absolute Gasteiger partial charge is 0.234 e. The van der Waals surface area contributed by atoms with E-state index in [9.17, 15) is 4.79 Å².